The number of β-amino-alcohol motifs (C(OH)–C–C–N with tert-alkyl or cyclic N) is 1. The van der Waals surface area contributed by atoms with Crippen molar-refractivity contribution in [3.63, 3.8) is 0 Å². The SMILES string of the molecule is CCOc1ccccc1CN1CCC2(CC1)CC(O)CN(C(=O)c1cccnc1)C2. The molecule has 0 bridgehead atoms. The molecule has 3 heterocycles. The Morgan fingerprint density at radius 3 is 2.77 bits per heavy atom. The number of para-hydroxylation sites is 1. The van der Waals surface area contributed by atoms with Crippen LogP contribution in [0.2, 0.25) is 0 Å². The lowest BCUT2D eigenvalue weighted by atomic mass is 9.71. The van der Waals surface area contributed by atoms with Gasteiger partial charge in [0.05, 0.1) is 18.3 Å². The zero-order valence-electron chi connectivity index (χ0n) is 17.7. The number of aliphatic hydroxyl groups is 1. The number of likely N-dealkylation sites (tertiary alicyclic amines) is 2. The molecule has 1 aromatic heterocycles. The van der Waals surface area contributed by atoms with E-state index in [1.807, 2.05) is 24.0 Å². The second-order valence-electron chi connectivity index (χ2n) is 8.60. The fourth-order valence-electron chi connectivity index (χ4n) is 4.90. The lowest BCUT2D eigenvalue weighted by Gasteiger charge is -2.49. The molecule has 2 aliphatic heterocycles. The molecule has 2 aliphatic rings. The van der Waals surface area contributed by atoms with Gasteiger partial charge in [0.15, 0.2) is 0 Å². The van der Waals surface area contributed by atoms with Crippen LogP contribution in [0.25, 0.3) is 0 Å². The van der Waals surface area contributed by atoms with E-state index in [9.17, 15) is 9.90 Å². The molecule has 160 valence electrons. The van der Waals surface area contributed by atoms with E-state index in [4.69, 9.17) is 4.74 Å². The summed E-state index contributed by atoms with van der Waals surface area (Å²) in [7, 11) is 0. The highest BCUT2D eigenvalue weighted by molar-refractivity contribution is 5.94. The number of aromatic nitrogens is 1. The Balaban J connectivity index is 1.40. The van der Waals surface area contributed by atoms with Gasteiger partial charge in [-0.05, 0) is 62.9 Å². The minimum atomic E-state index is -0.468. The predicted octanol–water partition coefficient (Wildman–Crippen LogP) is 2.97. The molecule has 6 heteroatoms. The van der Waals surface area contributed by atoms with Gasteiger partial charge in [0.2, 0.25) is 0 Å². The number of ether oxygens (including phenoxy) is 1. The van der Waals surface area contributed by atoms with Crippen LogP contribution < -0.4 is 4.74 Å². The van der Waals surface area contributed by atoms with E-state index in [2.05, 4.69) is 22.0 Å². The maximum atomic E-state index is 12.9. The average molecular weight is 410 g/mol. The molecule has 1 atom stereocenters. The second kappa shape index (κ2) is 9.14. The highest BCUT2D eigenvalue weighted by Crippen LogP contribution is 2.40. The molecule has 1 spiro atoms. The van der Waals surface area contributed by atoms with Crippen molar-refractivity contribution in [2.24, 2.45) is 5.41 Å². The fraction of sp³-hybridized carbons (Fsp3) is 0.500. The molecule has 2 saturated heterocycles. The number of pyridine rings is 1. The lowest BCUT2D eigenvalue weighted by Crippen LogP contribution is -2.55. The molecule has 6 nitrogen and oxygen atoms in total. The van der Waals surface area contributed by atoms with Crippen LogP contribution in [0.3, 0.4) is 0 Å². The first-order chi connectivity index (χ1) is 14.6. The average Bonchev–Trinajstić information content (AvgIpc) is 2.77. The quantitative estimate of drug-likeness (QED) is 0.823. The molecule has 1 N–H and O–H groups in total. The summed E-state index contributed by atoms with van der Waals surface area (Å²) >= 11 is 0. The topological polar surface area (TPSA) is 65.9 Å². The third-order valence-corrected chi connectivity index (χ3v) is 6.40. The van der Waals surface area contributed by atoms with Crippen molar-refractivity contribution in [3.05, 3.63) is 59.9 Å². The summed E-state index contributed by atoms with van der Waals surface area (Å²) in [4.78, 5) is 21.3. The number of nitrogens with zero attached hydrogens (tertiary/aromatic N) is 3. The zero-order chi connectivity index (χ0) is 21.0. The molecule has 30 heavy (non-hydrogen) atoms. The number of carbonyl (C=O) groups excluding carboxylic acids is 1. The molecular weight excluding hydrogens is 378 g/mol. The largest absolute Gasteiger partial charge is 0.494 e. The minimum absolute atomic E-state index is 0.00846. The van der Waals surface area contributed by atoms with Crippen molar-refractivity contribution in [1.82, 2.24) is 14.8 Å². The van der Waals surface area contributed by atoms with Crippen LogP contribution in [-0.4, -0.2) is 64.7 Å². The van der Waals surface area contributed by atoms with Gasteiger partial charge in [-0.2, -0.15) is 0 Å². The molecule has 1 aromatic carbocycles. The monoisotopic (exact) mass is 409 g/mol. The van der Waals surface area contributed by atoms with Crippen LogP contribution >= 0.6 is 0 Å². The smallest absolute Gasteiger partial charge is 0.255 e. The third-order valence-electron chi connectivity index (χ3n) is 6.40. The van der Waals surface area contributed by atoms with E-state index in [0.29, 0.717) is 25.3 Å². The lowest BCUT2D eigenvalue weighted by molar-refractivity contribution is -0.0338. The Labute approximate surface area is 178 Å². The Hall–Kier alpha value is -2.44. The summed E-state index contributed by atoms with van der Waals surface area (Å²) in [5.41, 5.74) is 1.80. The first-order valence-corrected chi connectivity index (χ1v) is 10.9. The predicted molar refractivity (Wildman–Crippen MR) is 115 cm³/mol. The van der Waals surface area contributed by atoms with Gasteiger partial charge in [0, 0.05) is 37.6 Å². The van der Waals surface area contributed by atoms with Crippen molar-refractivity contribution >= 4 is 5.91 Å². The third kappa shape index (κ3) is 4.65. The number of benzene rings is 1. The molecule has 1 amide bonds. The first-order valence-electron chi connectivity index (χ1n) is 10.9. The van der Waals surface area contributed by atoms with Gasteiger partial charge >= 0.3 is 0 Å². The molecule has 2 fully saturated rings. The summed E-state index contributed by atoms with van der Waals surface area (Å²) < 4.78 is 5.78. The number of carbonyl (C=O) groups is 1. The van der Waals surface area contributed by atoms with Crippen LogP contribution in [0.15, 0.2) is 48.8 Å². The van der Waals surface area contributed by atoms with Gasteiger partial charge in [-0.3, -0.25) is 14.7 Å². The number of amides is 1. The Bertz CT molecular complexity index is 850. The number of aliphatic hydroxyl groups excluding tert-OH is 1. The molecule has 0 radical (unpaired) electrons. The van der Waals surface area contributed by atoms with Gasteiger partial charge in [-0.1, -0.05) is 18.2 Å². The first kappa shape index (κ1) is 20.8. The summed E-state index contributed by atoms with van der Waals surface area (Å²) in [5, 5.41) is 10.5. The number of rotatable bonds is 5. The normalized spacial score (nSPS) is 21.5. The standard InChI is InChI=1S/C24H31N3O3/c1-2-30-22-8-4-3-6-20(22)16-26-12-9-24(10-13-26)14-21(28)17-27(18-24)23(29)19-7-5-11-25-15-19/h3-8,11,15,21,28H,2,9-10,12-14,16-18H2,1H3. The molecule has 1 unspecified atom stereocenters. The number of hydrogen-bond acceptors (Lipinski definition) is 5. The van der Waals surface area contributed by atoms with Gasteiger partial charge < -0.3 is 14.7 Å². The Morgan fingerprint density at radius 2 is 2.03 bits per heavy atom. The van der Waals surface area contributed by atoms with Gasteiger partial charge in [0.25, 0.3) is 5.91 Å². The van der Waals surface area contributed by atoms with E-state index >= 15 is 0 Å². The van der Waals surface area contributed by atoms with Crippen molar-refractivity contribution in [2.75, 3.05) is 32.8 Å². The second-order valence-corrected chi connectivity index (χ2v) is 8.60. The molecule has 2 aromatic rings. The summed E-state index contributed by atoms with van der Waals surface area (Å²) in [5.74, 6) is 0.927. The Kier molecular flexibility index (Phi) is 6.35. The van der Waals surface area contributed by atoms with Crippen molar-refractivity contribution in [2.45, 2.75) is 38.8 Å². The van der Waals surface area contributed by atoms with Crippen LogP contribution in [0, 0.1) is 5.41 Å². The van der Waals surface area contributed by atoms with Crippen LogP contribution in [-0.2, 0) is 6.54 Å². The molecular formula is C24H31N3O3. The fourth-order valence-corrected chi connectivity index (χ4v) is 4.90. The highest BCUT2D eigenvalue weighted by atomic mass is 16.5. The van der Waals surface area contributed by atoms with Crippen LogP contribution in [0.5, 0.6) is 5.75 Å². The molecule has 4 rings (SSSR count). The zero-order valence-corrected chi connectivity index (χ0v) is 17.7. The maximum absolute atomic E-state index is 12.9. The number of piperidine rings is 2. The maximum Gasteiger partial charge on any atom is 0.255 e. The van der Waals surface area contributed by atoms with E-state index in [0.717, 1.165) is 44.6 Å². The van der Waals surface area contributed by atoms with E-state index in [1.165, 1.54) is 5.56 Å². The van der Waals surface area contributed by atoms with E-state index in [-0.39, 0.29) is 11.3 Å². The van der Waals surface area contributed by atoms with Crippen LogP contribution in [0.1, 0.15) is 42.1 Å². The van der Waals surface area contributed by atoms with Crippen LogP contribution in [0.4, 0.5) is 0 Å². The number of hydrogen-bond donors (Lipinski definition) is 1. The van der Waals surface area contributed by atoms with Gasteiger partial charge in [0.1, 0.15) is 5.75 Å². The van der Waals surface area contributed by atoms with Crippen molar-refractivity contribution < 1.29 is 14.6 Å². The van der Waals surface area contributed by atoms with E-state index in [1.54, 1.807) is 24.5 Å². The molecule has 0 aliphatic carbocycles. The van der Waals surface area contributed by atoms with E-state index < -0.39 is 6.10 Å². The molecule has 0 saturated carbocycles. The summed E-state index contributed by atoms with van der Waals surface area (Å²) in [6.45, 7) is 6.58. The Morgan fingerprint density at radius 1 is 1.23 bits per heavy atom. The summed E-state index contributed by atoms with van der Waals surface area (Å²) in [6.07, 6.45) is 5.55. The van der Waals surface area contributed by atoms with Gasteiger partial charge in [-0.25, -0.2) is 0 Å². The van der Waals surface area contributed by atoms with Crippen molar-refractivity contribution in [1.29, 1.82) is 0 Å². The van der Waals surface area contributed by atoms with Gasteiger partial charge in [-0.15, -0.1) is 0 Å². The minimum Gasteiger partial charge on any atom is -0.494 e. The van der Waals surface area contributed by atoms with Crippen molar-refractivity contribution in [3.8, 4) is 5.75 Å². The highest BCUT2D eigenvalue weighted by Gasteiger charge is 2.43. The summed E-state index contributed by atoms with van der Waals surface area (Å²) in [6, 6.07) is 11.8.